The molecule has 0 saturated heterocycles. The van der Waals surface area contributed by atoms with Gasteiger partial charge < -0.3 is 10.5 Å². The third kappa shape index (κ3) is 6.72. The number of nitrogens with two attached hydrogens (primary N) is 1. The summed E-state index contributed by atoms with van der Waals surface area (Å²) in [5.74, 6) is 0. The van der Waals surface area contributed by atoms with Crippen molar-refractivity contribution in [3.05, 3.63) is 0 Å². The molecule has 0 spiro atoms. The lowest BCUT2D eigenvalue weighted by Gasteiger charge is -2.39. The zero-order chi connectivity index (χ0) is 14.2. The van der Waals surface area contributed by atoms with Crippen LogP contribution in [0.15, 0.2) is 0 Å². The molecule has 0 aliphatic rings. The van der Waals surface area contributed by atoms with Crippen LogP contribution in [0.25, 0.3) is 0 Å². The first-order chi connectivity index (χ1) is 8.39. The van der Waals surface area contributed by atoms with Crippen molar-refractivity contribution in [3.63, 3.8) is 0 Å². The molecule has 0 amide bonds. The Morgan fingerprint density at radius 2 is 1.67 bits per heavy atom. The van der Waals surface area contributed by atoms with Crippen molar-refractivity contribution in [1.29, 1.82) is 0 Å². The first kappa shape index (κ1) is 17.9. The summed E-state index contributed by atoms with van der Waals surface area (Å²) in [6, 6.07) is 1.08. The van der Waals surface area contributed by atoms with E-state index in [1.54, 1.807) is 7.11 Å². The van der Waals surface area contributed by atoms with Crippen molar-refractivity contribution < 1.29 is 4.74 Å². The Morgan fingerprint density at radius 3 is 2.00 bits per heavy atom. The molecular formula is C15H34N2O. The van der Waals surface area contributed by atoms with E-state index in [1.807, 2.05) is 0 Å². The third-order valence-electron chi connectivity index (χ3n) is 3.55. The maximum absolute atomic E-state index is 6.02. The van der Waals surface area contributed by atoms with E-state index in [0.717, 1.165) is 26.1 Å². The van der Waals surface area contributed by atoms with Gasteiger partial charge >= 0.3 is 0 Å². The lowest BCUT2D eigenvalue weighted by atomic mass is 9.86. The first-order valence-corrected chi connectivity index (χ1v) is 7.34. The Labute approximate surface area is 114 Å². The number of ether oxygens (including phenoxy) is 1. The molecule has 0 rings (SSSR count). The minimum Gasteiger partial charge on any atom is -0.383 e. The summed E-state index contributed by atoms with van der Waals surface area (Å²) in [7, 11) is 1.77. The Balaban J connectivity index is 4.76. The van der Waals surface area contributed by atoms with Crippen LogP contribution >= 0.6 is 0 Å². The molecular weight excluding hydrogens is 224 g/mol. The quantitative estimate of drug-likeness (QED) is 0.691. The van der Waals surface area contributed by atoms with Crippen LogP contribution in [-0.4, -0.2) is 43.8 Å². The van der Waals surface area contributed by atoms with E-state index in [1.165, 1.54) is 12.8 Å². The van der Waals surface area contributed by atoms with Crippen LogP contribution in [0.5, 0.6) is 0 Å². The summed E-state index contributed by atoms with van der Waals surface area (Å²) in [5, 5.41) is 0. The second-order valence-electron chi connectivity index (χ2n) is 6.36. The highest BCUT2D eigenvalue weighted by Crippen LogP contribution is 2.25. The molecule has 2 N–H and O–H groups in total. The molecule has 1 unspecified atom stereocenters. The smallest absolute Gasteiger partial charge is 0.0589 e. The van der Waals surface area contributed by atoms with Crippen molar-refractivity contribution in [2.24, 2.45) is 11.1 Å². The fourth-order valence-corrected chi connectivity index (χ4v) is 2.66. The van der Waals surface area contributed by atoms with Gasteiger partial charge in [0.25, 0.3) is 0 Å². The van der Waals surface area contributed by atoms with E-state index in [2.05, 4.69) is 39.5 Å². The monoisotopic (exact) mass is 258 g/mol. The Hall–Kier alpha value is -0.120. The molecule has 0 radical (unpaired) electrons. The van der Waals surface area contributed by atoms with Gasteiger partial charge in [-0.3, -0.25) is 4.90 Å². The van der Waals surface area contributed by atoms with Crippen LogP contribution in [0.1, 0.15) is 53.9 Å². The molecule has 3 nitrogen and oxygen atoms in total. The Morgan fingerprint density at radius 1 is 1.11 bits per heavy atom. The Kier molecular flexibility index (Phi) is 8.83. The molecule has 0 aromatic heterocycles. The van der Waals surface area contributed by atoms with Crippen LogP contribution in [-0.2, 0) is 4.74 Å². The van der Waals surface area contributed by atoms with E-state index < -0.39 is 0 Å². The number of rotatable bonds is 9. The standard InChI is InChI=1S/C15H34N2O/c1-7-13(8-2)17(9-10-18-6)14(12-16)11-15(3,4)5/h13-14H,7-12,16H2,1-6H3. The van der Waals surface area contributed by atoms with Crippen molar-refractivity contribution >= 4 is 0 Å². The topological polar surface area (TPSA) is 38.5 Å². The average Bonchev–Trinajstić information content (AvgIpc) is 2.30. The van der Waals surface area contributed by atoms with Gasteiger partial charge in [0.15, 0.2) is 0 Å². The van der Waals surface area contributed by atoms with Crippen molar-refractivity contribution in [2.75, 3.05) is 26.8 Å². The minimum atomic E-state index is 0.321. The van der Waals surface area contributed by atoms with Crippen LogP contribution in [0, 0.1) is 5.41 Å². The number of hydrogen-bond acceptors (Lipinski definition) is 3. The average molecular weight is 258 g/mol. The molecule has 3 heteroatoms. The fraction of sp³-hybridized carbons (Fsp3) is 1.00. The van der Waals surface area contributed by atoms with Gasteiger partial charge in [-0.15, -0.1) is 0 Å². The molecule has 0 aromatic rings. The molecule has 0 aliphatic carbocycles. The van der Waals surface area contributed by atoms with E-state index in [0.29, 0.717) is 17.5 Å². The lowest BCUT2D eigenvalue weighted by molar-refractivity contribution is 0.0643. The second kappa shape index (κ2) is 8.89. The number of nitrogens with zero attached hydrogens (tertiary/aromatic N) is 1. The van der Waals surface area contributed by atoms with Gasteiger partial charge in [0.1, 0.15) is 0 Å². The first-order valence-electron chi connectivity index (χ1n) is 7.34. The van der Waals surface area contributed by atoms with Gasteiger partial charge in [-0.2, -0.15) is 0 Å². The Bertz CT molecular complexity index is 197. The van der Waals surface area contributed by atoms with Crippen LogP contribution < -0.4 is 5.73 Å². The number of hydrogen-bond donors (Lipinski definition) is 1. The third-order valence-corrected chi connectivity index (χ3v) is 3.55. The highest BCUT2D eigenvalue weighted by Gasteiger charge is 2.27. The maximum Gasteiger partial charge on any atom is 0.0589 e. The van der Waals surface area contributed by atoms with Gasteiger partial charge in [-0.05, 0) is 24.7 Å². The van der Waals surface area contributed by atoms with Crippen LogP contribution in [0.3, 0.4) is 0 Å². The predicted octanol–water partition coefficient (Wildman–Crippen LogP) is 2.89. The molecule has 0 fully saturated rings. The molecule has 18 heavy (non-hydrogen) atoms. The number of methoxy groups -OCH3 is 1. The van der Waals surface area contributed by atoms with E-state index >= 15 is 0 Å². The summed E-state index contributed by atoms with van der Waals surface area (Å²) >= 11 is 0. The molecule has 0 aromatic carbocycles. The van der Waals surface area contributed by atoms with E-state index in [9.17, 15) is 0 Å². The summed E-state index contributed by atoms with van der Waals surface area (Å²) in [6.07, 6.45) is 3.51. The largest absolute Gasteiger partial charge is 0.383 e. The molecule has 0 saturated carbocycles. The van der Waals surface area contributed by atoms with Gasteiger partial charge in [-0.1, -0.05) is 34.6 Å². The summed E-state index contributed by atoms with van der Waals surface area (Å²) < 4.78 is 5.25. The summed E-state index contributed by atoms with van der Waals surface area (Å²) in [6.45, 7) is 13.9. The van der Waals surface area contributed by atoms with E-state index in [4.69, 9.17) is 10.5 Å². The summed E-state index contributed by atoms with van der Waals surface area (Å²) in [5.41, 5.74) is 6.34. The molecule has 0 bridgehead atoms. The normalized spacial score (nSPS) is 14.5. The SMILES string of the molecule is CCC(CC)N(CCOC)C(CN)CC(C)(C)C. The van der Waals surface area contributed by atoms with Gasteiger partial charge in [0.2, 0.25) is 0 Å². The lowest BCUT2D eigenvalue weighted by Crippen LogP contribution is -2.49. The van der Waals surface area contributed by atoms with Gasteiger partial charge in [0, 0.05) is 32.3 Å². The zero-order valence-corrected chi connectivity index (χ0v) is 13.3. The second-order valence-corrected chi connectivity index (χ2v) is 6.36. The molecule has 0 heterocycles. The van der Waals surface area contributed by atoms with Crippen molar-refractivity contribution in [3.8, 4) is 0 Å². The highest BCUT2D eigenvalue weighted by atomic mass is 16.5. The van der Waals surface area contributed by atoms with Gasteiger partial charge in [0.05, 0.1) is 6.61 Å². The predicted molar refractivity (Wildman–Crippen MR) is 79.9 cm³/mol. The van der Waals surface area contributed by atoms with Crippen molar-refractivity contribution in [2.45, 2.75) is 66.0 Å². The van der Waals surface area contributed by atoms with Crippen molar-refractivity contribution in [1.82, 2.24) is 4.90 Å². The van der Waals surface area contributed by atoms with Crippen LogP contribution in [0.4, 0.5) is 0 Å². The zero-order valence-electron chi connectivity index (χ0n) is 13.3. The fourth-order valence-electron chi connectivity index (χ4n) is 2.66. The summed E-state index contributed by atoms with van der Waals surface area (Å²) in [4.78, 5) is 2.56. The maximum atomic E-state index is 6.02. The minimum absolute atomic E-state index is 0.321. The highest BCUT2D eigenvalue weighted by molar-refractivity contribution is 4.82. The molecule has 0 aliphatic heterocycles. The molecule has 1 atom stereocenters. The van der Waals surface area contributed by atoms with Crippen LogP contribution in [0.2, 0.25) is 0 Å². The van der Waals surface area contributed by atoms with E-state index in [-0.39, 0.29) is 0 Å². The molecule has 110 valence electrons. The van der Waals surface area contributed by atoms with Gasteiger partial charge in [-0.25, -0.2) is 0 Å².